The Balaban J connectivity index is 2.01. The van der Waals surface area contributed by atoms with Crippen LogP contribution in [0.1, 0.15) is 219 Å². The molecule has 0 aliphatic carbocycles. The lowest BCUT2D eigenvalue weighted by molar-refractivity contribution is 0.133. The molecule has 3 nitrogen and oxygen atoms in total. The molecule has 0 radical (unpaired) electrons. The number of hydrogen-bond donors (Lipinski definition) is 0. The summed E-state index contributed by atoms with van der Waals surface area (Å²) in [5.41, 5.74) is 0. The predicted octanol–water partition coefficient (Wildman–Crippen LogP) is 13.1. The summed E-state index contributed by atoms with van der Waals surface area (Å²) in [4.78, 5) is 8.04. The van der Waals surface area contributed by atoms with E-state index >= 15 is 0 Å². The maximum atomic E-state index is 2.84. The lowest BCUT2D eigenvalue weighted by atomic mass is 10.0. The number of rotatable bonds is 37. The first-order valence-electron chi connectivity index (χ1n) is 21.9. The molecule has 0 aromatic carbocycles. The van der Waals surface area contributed by atoms with Crippen LogP contribution in [-0.4, -0.2) is 74.1 Å². The second kappa shape index (κ2) is 36.2. The highest BCUT2D eigenvalue weighted by molar-refractivity contribution is 4.71. The molecule has 0 bridgehead atoms. The minimum absolute atomic E-state index is 1.25. The van der Waals surface area contributed by atoms with Crippen LogP contribution in [0, 0.1) is 0 Å². The molecule has 0 spiro atoms. The molecule has 0 atom stereocenters. The van der Waals surface area contributed by atoms with Crippen molar-refractivity contribution < 1.29 is 0 Å². The van der Waals surface area contributed by atoms with Gasteiger partial charge in [-0.15, -0.1) is 0 Å². The zero-order valence-corrected chi connectivity index (χ0v) is 32.6. The van der Waals surface area contributed by atoms with Crippen molar-refractivity contribution in [1.29, 1.82) is 0 Å². The van der Waals surface area contributed by atoms with Crippen molar-refractivity contribution in [3.05, 3.63) is 0 Å². The van der Waals surface area contributed by atoms with Crippen molar-refractivity contribution in [3.63, 3.8) is 0 Å². The van der Waals surface area contributed by atoms with Crippen LogP contribution in [0.2, 0.25) is 0 Å². The van der Waals surface area contributed by atoms with Crippen LogP contribution in [0.4, 0.5) is 0 Å². The van der Waals surface area contributed by atoms with E-state index in [0.717, 1.165) is 0 Å². The second-order valence-electron chi connectivity index (χ2n) is 15.6. The molecule has 1 saturated heterocycles. The maximum absolute atomic E-state index is 2.84. The Morgan fingerprint density at radius 3 is 0.870 bits per heavy atom. The zero-order chi connectivity index (χ0) is 33.0. The molecule has 0 aromatic rings. The summed E-state index contributed by atoms with van der Waals surface area (Å²) in [6, 6.07) is 0. The summed E-state index contributed by atoms with van der Waals surface area (Å²) >= 11 is 0. The Morgan fingerprint density at radius 1 is 0.326 bits per heavy atom. The Hall–Kier alpha value is -0.120. The van der Waals surface area contributed by atoms with Gasteiger partial charge >= 0.3 is 0 Å². The molecule has 1 rings (SSSR count). The van der Waals surface area contributed by atoms with E-state index in [1.807, 2.05) is 0 Å². The van der Waals surface area contributed by atoms with E-state index in [1.165, 1.54) is 258 Å². The van der Waals surface area contributed by atoms with Gasteiger partial charge in [0, 0.05) is 39.3 Å². The fourth-order valence-electron chi connectivity index (χ4n) is 7.46. The molecule has 0 aromatic heterocycles. The number of nitrogens with zero attached hydrogens (tertiary/aromatic N) is 3. The van der Waals surface area contributed by atoms with Gasteiger partial charge < -0.3 is 9.80 Å². The topological polar surface area (TPSA) is 9.72 Å². The van der Waals surface area contributed by atoms with Crippen LogP contribution in [-0.2, 0) is 0 Å². The average molecular weight is 648 g/mol. The van der Waals surface area contributed by atoms with Gasteiger partial charge in [-0.05, 0) is 33.0 Å². The fraction of sp³-hybridized carbons (Fsp3) is 1.00. The molecule has 1 heterocycles. The van der Waals surface area contributed by atoms with Crippen LogP contribution < -0.4 is 0 Å². The molecule has 1 aliphatic heterocycles. The molecule has 0 N–H and O–H groups in total. The number of piperazine rings is 1. The van der Waals surface area contributed by atoms with Gasteiger partial charge in [-0.3, -0.25) is 4.90 Å². The molecule has 3 heteroatoms. The van der Waals surface area contributed by atoms with Gasteiger partial charge in [0.2, 0.25) is 0 Å². The Kier molecular flexibility index (Phi) is 34.5. The van der Waals surface area contributed by atoms with E-state index in [0.29, 0.717) is 0 Å². The normalized spacial score (nSPS) is 14.6. The lowest BCUT2D eigenvalue weighted by Gasteiger charge is -2.34. The van der Waals surface area contributed by atoms with Crippen molar-refractivity contribution in [2.75, 3.05) is 59.4 Å². The Bertz CT molecular complexity index is 522. The van der Waals surface area contributed by atoms with Crippen molar-refractivity contribution in [1.82, 2.24) is 14.7 Å². The van der Waals surface area contributed by atoms with Gasteiger partial charge in [-0.2, -0.15) is 0 Å². The molecule has 1 aliphatic rings. The SMILES string of the molecule is CCCCCCCCCCCCCCCCCCN(CCCCCCCCCCCCCCCCCC)CCN1CCN(C)CC1. The van der Waals surface area contributed by atoms with Gasteiger partial charge in [-0.25, -0.2) is 0 Å². The minimum Gasteiger partial charge on any atom is -0.304 e. The van der Waals surface area contributed by atoms with Crippen LogP contribution in [0.25, 0.3) is 0 Å². The van der Waals surface area contributed by atoms with Crippen molar-refractivity contribution in [3.8, 4) is 0 Å². The van der Waals surface area contributed by atoms with E-state index in [2.05, 4.69) is 35.6 Å². The highest BCUT2D eigenvalue weighted by Gasteiger charge is 2.14. The van der Waals surface area contributed by atoms with Crippen molar-refractivity contribution in [2.24, 2.45) is 0 Å². The summed E-state index contributed by atoms with van der Waals surface area (Å²) in [5.74, 6) is 0. The molecule has 0 unspecified atom stereocenters. The maximum Gasteiger partial charge on any atom is 0.0110 e. The third-order valence-electron chi connectivity index (χ3n) is 11.0. The van der Waals surface area contributed by atoms with Crippen LogP contribution >= 0.6 is 0 Å². The molecule has 276 valence electrons. The van der Waals surface area contributed by atoms with E-state index in [-0.39, 0.29) is 0 Å². The predicted molar refractivity (Wildman–Crippen MR) is 209 cm³/mol. The Morgan fingerprint density at radius 2 is 0.587 bits per heavy atom. The first-order chi connectivity index (χ1) is 22.8. The van der Waals surface area contributed by atoms with E-state index in [1.54, 1.807) is 0 Å². The molecular formula is C43H89N3. The van der Waals surface area contributed by atoms with Gasteiger partial charge in [0.1, 0.15) is 0 Å². The third-order valence-corrected chi connectivity index (χ3v) is 11.0. The van der Waals surface area contributed by atoms with E-state index < -0.39 is 0 Å². The van der Waals surface area contributed by atoms with Crippen molar-refractivity contribution in [2.45, 2.75) is 219 Å². The minimum atomic E-state index is 1.25. The number of unbranched alkanes of at least 4 members (excludes halogenated alkanes) is 30. The standard InChI is InChI=1S/C43H89N3/c1-4-6-8-10-12-14-16-18-20-22-24-26-28-30-32-34-36-45(42-43-46-40-38-44(3)39-41-46)37-35-33-31-29-27-25-23-21-19-17-15-13-11-9-7-5-2/h4-43H2,1-3H3. The number of likely N-dealkylation sites (N-methyl/N-ethyl adjacent to an activating group) is 1. The van der Waals surface area contributed by atoms with Gasteiger partial charge in [0.25, 0.3) is 0 Å². The zero-order valence-electron chi connectivity index (χ0n) is 32.6. The summed E-state index contributed by atoms with van der Waals surface area (Å²) < 4.78 is 0. The summed E-state index contributed by atoms with van der Waals surface area (Å²) in [7, 11) is 2.28. The largest absolute Gasteiger partial charge is 0.304 e. The third kappa shape index (κ3) is 31.2. The van der Waals surface area contributed by atoms with Gasteiger partial charge in [0.15, 0.2) is 0 Å². The summed E-state index contributed by atoms with van der Waals surface area (Å²) in [6.45, 7) is 14.9. The highest BCUT2D eigenvalue weighted by atomic mass is 15.3. The van der Waals surface area contributed by atoms with Gasteiger partial charge in [-0.1, -0.05) is 206 Å². The monoisotopic (exact) mass is 648 g/mol. The van der Waals surface area contributed by atoms with E-state index in [4.69, 9.17) is 0 Å². The molecule has 46 heavy (non-hydrogen) atoms. The van der Waals surface area contributed by atoms with Crippen LogP contribution in [0.3, 0.4) is 0 Å². The molecular weight excluding hydrogens is 558 g/mol. The van der Waals surface area contributed by atoms with Gasteiger partial charge in [0.05, 0.1) is 0 Å². The Labute approximate surface area is 292 Å². The smallest absolute Gasteiger partial charge is 0.0110 e. The quantitative estimate of drug-likeness (QED) is 0.0621. The molecule has 0 saturated carbocycles. The summed E-state index contributed by atoms with van der Waals surface area (Å²) in [5, 5.41) is 0. The van der Waals surface area contributed by atoms with Crippen molar-refractivity contribution >= 4 is 0 Å². The van der Waals surface area contributed by atoms with Crippen LogP contribution in [0.5, 0.6) is 0 Å². The molecule has 1 fully saturated rings. The fourth-order valence-corrected chi connectivity index (χ4v) is 7.46. The average Bonchev–Trinajstić information content (AvgIpc) is 3.07. The molecule has 0 amide bonds. The first-order valence-corrected chi connectivity index (χ1v) is 21.9. The van der Waals surface area contributed by atoms with Crippen LogP contribution in [0.15, 0.2) is 0 Å². The lowest BCUT2D eigenvalue weighted by Crippen LogP contribution is -2.47. The van der Waals surface area contributed by atoms with E-state index in [9.17, 15) is 0 Å². The first kappa shape index (κ1) is 43.9. The highest BCUT2D eigenvalue weighted by Crippen LogP contribution is 2.16. The number of hydrogen-bond acceptors (Lipinski definition) is 3. The summed E-state index contributed by atoms with van der Waals surface area (Å²) in [6.07, 6.45) is 46.8. The second-order valence-corrected chi connectivity index (χ2v) is 15.6.